The first-order valence-corrected chi connectivity index (χ1v) is 8.49. The molecule has 0 aromatic heterocycles. The van der Waals surface area contributed by atoms with Crippen molar-refractivity contribution in [1.82, 2.24) is 0 Å². The molecule has 4 heteroatoms. The van der Waals surface area contributed by atoms with Gasteiger partial charge in [-0.3, -0.25) is 0 Å². The maximum Gasteiger partial charge on any atom is 0.416 e. The van der Waals surface area contributed by atoms with E-state index >= 15 is 0 Å². The Bertz CT molecular complexity index is 467. The highest BCUT2D eigenvalue weighted by Crippen LogP contribution is 2.39. The molecule has 0 spiro atoms. The quantitative estimate of drug-likeness (QED) is 0.571. The van der Waals surface area contributed by atoms with Crippen molar-refractivity contribution in [2.24, 2.45) is 17.8 Å². The molecular formula is C17H22BrF3. The van der Waals surface area contributed by atoms with Gasteiger partial charge in [-0.15, -0.1) is 0 Å². The number of alkyl halides is 4. The van der Waals surface area contributed by atoms with Crippen LogP contribution >= 0.6 is 15.9 Å². The van der Waals surface area contributed by atoms with E-state index in [0.29, 0.717) is 22.6 Å². The molecule has 3 atom stereocenters. The summed E-state index contributed by atoms with van der Waals surface area (Å²) in [6.45, 7) is 4.47. The van der Waals surface area contributed by atoms with Crippen LogP contribution in [0.5, 0.6) is 0 Å². The fourth-order valence-corrected chi connectivity index (χ4v) is 3.92. The van der Waals surface area contributed by atoms with Crippen LogP contribution in [0.3, 0.4) is 0 Å². The maximum atomic E-state index is 12.8. The monoisotopic (exact) mass is 362 g/mol. The highest BCUT2D eigenvalue weighted by molar-refractivity contribution is 9.09. The normalized spacial score (nSPS) is 27.1. The Morgan fingerprint density at radius 1 is 1.24 bits per heavy atom. The van der Waals surface area contributed by atoms with Crippen LogP contribution in [0.25, 0.3) is 0 Å². The molecule has 0 bridgehead atoms. The molecule has 1 fully saturated rings. The van der Waals surface area contributed by atoms with E-state index in [1.54, 1.807) is 0 Å². The molecule has 118 valence electrons. The Morgan fingerprint density at radius 2 is 1.95 bits per heavy atom. The molecule has 0 amide bonds. The first-order valence-electron chi connectivity index (χ1n) is 7.57. The second-order valence-corrected chi connectivity index (χ2v) is 7.67. The lowest BCUT2D eigenvalue weighted by Crippen LogP contribution is -2.29. The van der Waals surface area contributed by atoms with Crippen molar-refractivity contribution in [3.63, 3.8) is 0 Å². The van der Waals surface area contributed by atoms with Crippen molar-refractivity contribution >= 4 is 15.9 Å². The largest absolute Gasteiger partial charge is 0.416 e. The van der Waals surface area contributed by atoms with E-state index in [1.165, 1.54) is 18.6 Å². The van der Waals surface area contributed by atoms with E-state index < -0.39 is 11.7 Å². The average molecular weight is 363 g/mol. The Morgan fingerprint density at radius 3 is 2.57 bits per heavy atom. The van der Waals surface area contributed by atoms with Gasteiger partial charge in [0.2, 0.25) is 0 Å². The summed E-state index contributed by atoms with van der Waals surface area (Å²) in [6.07, 6.45) is -0.0944. The van der Waals surface area contributed by atoms with Crippen LogP contribution < -0.4 is 0 Å². The third kappa shape index (κ3) is 4.48. The van der Waals surface area contributed by atoms with Crippen LogP contribution in [0, 0.1) is 17.8 Å². The maximum absolute atomic E-state index is 12.8. The van der Waals surface area contributed by atoms with E-state index in [0.717, 1.165) is 30.9 Å². The van der Waals surface area contributed by atoms with Crippen LogP contribution in [-0.4, -0.2) is 4.83 Å². The highest BCUT2D eigenvalue weighted by Gasteiger charge is 2.32. The summed E-state index contributed by atoms with van der Waals surface area (Å²) < 4.78 is 38.3. The summed E-state index contributed by atoms with van der Waals surface area (Å²) in [5.41, 5.74) is 0.256. The van der Waals surface area contributed by atoms with Crippen molar-refractivity contribution in [3.05, 3.63) is 35.4 Å². The lowest BCUT2D eigenvalue weighted by atomic mass is 9.74. The van der Waals surface area contributed by atoms with Gasteiger partial charge in [0.05, 0.1) is 5.56 Å². The third-order valence-electron chi connectivity index (χ3n) is 4.63. The topological polar surface area (TPSA) is 0 Å². The number of halogens is 4. The Hall–Kier alpha value is -0.510. The molecule has 0 aliphatic heterocycles. The van der Waals surface area contributed by atoms with Crippen LogP contribution in [-0.2, 0) is 12.6 Å². The van der Waals surface area contributed by atoms with Gasteiger partial charge in [0, 0.05) is 4.83 Å². The minimum atomic E-state index is -4.25. The summed E-state index contributed by atoms with van der Waals surface area (Å²) in [5.74, 6) is 1.76. The lowest BCUT2D eigenvalue weighted by Gasteiger charge is -2.35. The highest BCUT2D eigenvalue weighted by atomic mass is 79.9. The minimum Gasteiger partial charge on any atom is -0.166 e. The van der Waals surface area contributed by atoms with E-state index in [4.69, 9.17) is 0 Å². The van der Waals surface area contributed by atoms with Crippen molar-refractivity contribution < 1.29 is 13.2 Å². The van der Waals surface area contributed by atoms with Gasteiger partial charge in [0.25, 0.3) is 0 Å². The van der Waals surface area contributed by atoms with Crippen molar-refractivity contribution in [3.8, 4) is 0 Å². The summed E-state index contributed by atoms with van der Waals surface area (Å²) in [5, 5.41) is 0. The number of hydrogen-bond donors (Lipinski definition) is 0. The Balaban J connectivity index is 2.09. The standard InChI is InChI=1S/C17H22BrF3/c1-11(2)13-6-7-16(18)14(10-13)8-12-4-3-5-15(9-12)17(19,20)21/h3-5,9,11,13-14,16H,6-8,10H2,1-2H3. The second-order valence-electron chi connectivity index (χ2n) is 6.50. The SMILES string of the molecule is CC(C)C1CCC(Br)C(Cc2cccc(C(F)(F)F)c2)C1. The zero-order valence-corrected chi connectivity index (χ0v) is 14.0. The van der Waals surface area contributed by atoms with Crippen molar-refractivity contribution in [1.29, 1.82) is 0 Å². The second kappa shape index (κ2) is 6.72. The molecule has 0 nitrogen and oxygen atoms in total. The van der Waals surface area contributed by atoms with E-state index in [-0.39, 0.29) is 0 Å². The molecule has 1 saturated carbocycles. The van der Waals surface area contributed by atoms with Gasteiger partial charge in [-0.1, -0.05) is 48.0 Å². The number of benzene rings is 1. The van der Waals surface area contributed by atoms with Gasteiger partial charge in [0.15, 0.2) is 0 Å². The van der Waals surface area contributed by atoms with E-state index in [1.807, 2.05) is 6.07 Å². The van der Waals surface area contributed by atoms with Gasteiger partial charge < -0.3 is 0 Å². The Labute approximate surface area is 133 Å². The molecule has 0 saturated heterocycles. The lowest BCUT2D eigenvalue weighted by molar-refractivity contribution is -0.137. The van der Waals surface area contributed by atoms with Crippen LogP contribution in [0.15, 0.2) is 24.3 Å². The van der Waals surface area contributed by atoms with E-state index in [9.17, 15) is 13.2 Å². The number of rotatable bonds is 3. The minimum absolute atomic E-state index is 0.419. The first kappa shape index (κ1) is 16.9. The number of hydrogen-bond acceptors (Lipinski definition) is 0. The zero-order valence-electron chi connectivity index (χ0n) is 12.5. The molecule has 21 heavy (non-hydrogen) atoms. The van der Waals surface area contributed by atoms with Crippen molar-refractivity contribution in [2.45, 2.75) is 50.5 Å². The fourth-order valence-electron chi connectivity index (χ4n) is 3.26. The molecule has 1 aliphatic carbocycles. The molecule has 1 aromatic carbocycles. The third-order valence-corrected chi connectivity index (χ3v) is 5.83. The average Bonchev–Trinajstić information content (AvgIpc) is 2.40. The molecule has 3 unspecified atom stereocenters. The van der Waals surface area contributed by atoms with Gasteiger partial charge >= 0.3 is 6.18 Å². The van der Waals surface area contributed by atoms with Gasteiger partial charge in [-0.05, 0) is 55.1 Å². The van der Waals surface area contributed by atoms with Gasteiger partial charge in [0.1, 0.15) is 0 Å². The van der Waals surface area contributed by atoms with Crippen LogP contribution in [0.4, 0.5) is 13.2 Å². The first-order chi connectivity index (χ1) is 9.77. The van der Waals surface area contributed by atoms with Crippen LogP contribution in [0.2, 0.25) is 0 Å². The molecule has 0 radical (unpaired) electrons. The molecule has 1 aliphatic rings. The predicted octanol–water partition coefficient (Wildman–Crippen LogP) is 6.08. The smallest absolute Gasteiger partial charge is 0.166 e. The summed E-state index contributed by atoms with van der Waals surface area (Å²) in [7, 11) is 0. The van der Waals surface area contributed by atoms with Gasteiger partial charge in [-0.2, -0.15) is 13.2 Å². The van der Waals surface area contributed by atoms with E-state index in [2.05, 4.69) is 29.8 Å². The molecule has 0 heterocycles. The fraction of sp³-hybridized carbons (Fsp3) is 0.647. The zero-order chi connectivity index (χ0) is 15.6. The summed E-state index contributed by atoms with van der Waals surface area (Å²) >= 11 is 3.72. The molecule has 0 N–H and O–H groups in total. The molecule has 1 aromatic rings. The summed E-state index contributed by atoms with van der Waals surface area (Å²) in [6, 6.07) is 5.78. The predicted molar refractivity (Wildman–Crippen MR) is 83.5 cm³/mol. The van der Waals surface area contributed by atoms with Crippen LogP contribution in [0.1, 0.15) is 44.2 Å². The molecule has 2 rings (SSSR count). The summed E-state index contributed by atoms with van der Waals surface area (Å²) in [4.78, 5) is 0.419. The molecular weight excluding hydrogens is 341 g/mol. The van der Waals surface area contributed by atoms with Gasteiger partial charge in [-0.25, -0.2) is 0 Å². The van der Waals surface area contributed by atoms with Crippen molar-refractivity contribution in [2.75, 3.05) is 0 Å². The Kier molecular flexibility index (Phi) is 5.39.